The van der Waals surface area contributed by atoms with Gasteiger partial charge in [-0.05, 0) is 10.4 Å². The first-order chi connectivity index (χ1) is 6.25. The summed E-state index contributed by atoms with van der Waals surface area (Å²) in [5.41, 5.74) is 2.67. The lowest BCUT2D eigenvalue weighted by molar-refractivity contribution is -0.117. The lowest BCUT2D eigenvalue weighted by atomic mass is 10.2. The monoisotopic (exact) mass is 174 g/mol. The van der Waals surface area contributed by atoms with Crippen LogP contribution in [-0.2, 0) is 4.79 Å². The molecule has 0 aliphatic carbocycles. The van der Waals surface area contributed by atoms with Crippen LogP contribution >= 0.6 is 0 Å². The summed E-state index contributed by atoms with van der Waals surface area (Å²) in [6.07, 6.45) is 3.48. The molecule has 1 aliphatic rings. The molecule has 3 heteroatoms. The highest BCUT2D eigenvalue weighted by atomic mass is 16.2. The lowest BCUT2D eigenvalue weighted by Crippen LogP contribution is -2.33. The van der Waals surface area contributed by atoms with Gasteiger partial charge in [-0.1, -0.05) is 24.3 Å². The summed E-state index contributed by atoms with van der Waals surface area (Å²) in [7, 11) is 1.80. The molecule has 1 N–H and O–H groups in total. The van der Waals surface area contributed by atoms with Crippen molar-refractivity contribution in [2.75, 3.05) is 7.05 Å². The summed E-state index contributed by atoms with van der Waals surface area (Å²) in [6.45, 7) is 0. The molecule has 1 aromatic carbocycles. The molecule has 0 saturated heterocycles. The first-order valence-corrected chi connectivity index (χ1v) is 4.08. The second-order valence-corrected chi connectivity index (χ2v) is 2.99. The number of fused-ring (bicyclic) bond motifs is 1. The topological polar surface area (TPSA) is 32.3 Å². The van der Waals surface area contributed by atoms with Gasteiger partial charge in [-0.15, -0.1) is 0 Å². The summed E-state index contributed by atoms with van der Waals surface area (Å²) >= 11 is 0. The third kappa shape index (κ3) is 1.54. The van der Waals surface area contributed by atoms with Crippen LogP contribution in [0, 0.1) is 0 Å². The molecule has 0 fully saturated rings. The van der Waals surface area contributed by atoms with Gasteiger partial charge in [0.2, 0.25) is 0 Å². The normalized spacial score (nSPS) is 14.8. The van der Waals surface area contributed by atoms with Gasteiger partial charge >= 0.3 is 0 Å². The van der Waals surface area contributed by atoms with Gasteiger partial charge in [-0.2, -0.15) is 0 Å². The number of carbonyl (C=O) groups is 1. The third-order valence-electron chi connectivity index (χ3n) is 1.90. The lowest BCUT2D eigenvalue weighted by Gasteiger charge is -2.11. The molecule has 1 aromatic rings. The van der Waals surface area contributed by atoms with Gasteiger partial charge < -0.3 is 0 Å². The Morgan fingerprint density at radius 1 is 1.23 bits per heavy atom. The van der Waals surface area contributed by atoms with E-state index in [1.807, 2.05) is 30.5 Å². The first-order valence-electron chi connectivity index (χ1n) is 4.08. The van der Waals surface area contributed by atoms with Gasteiger partial charge in [0.25, 0.3) is 5.91 Å². The number of carbonyl (C=O) groups excluding carboxylic acids is 1. The van der Waals surface area contributed by atoms with Crippen molar-refractivity contribution in [2.45, 2.75) is 0 Å². The number of hydrogen-bond donors (Lipinski definition) is 1. The van der Waals surface area contributed by atoms with Crippen molar-refractivity contribution in [2.24, 2.45) is 0 Å². The fourth-order valence-corrected chi connectivity index (χ4v) is 1.35. The molecule has 1 heterocycles. The van der Waals surface area contributed by atoms with E-state index in [-0.39, 0.29) is 5.91 Å². The molecule has 0 radical (unpaired) electrons. The molecule has 13 heavy (non-hydrogen) atoms. The molecule has 66 valence electrons. The number of nitrogens with one attached hydrogen (secondary N) is 1. The molecule has 3 nitrogen and oxygen atoms in total. The van der Waals surface area contributed by atoms with Crippen LogP contribution < -0.4 is 15.9 Å². The van der Waals surface area contributed by atoms with E-state index in [9.17, 15) is 4.79 Å². The van der Waals surface area contributed by atoms with Crippen LogP contribution in [0.5, 0.6) is 0 Å². The third-order valence-corrected chi connectivity index (χ3v) is 1.90. The highest BCUT2D eigenvalue weighted by molar-refractivity contribution is 6.04. The van der Waals surface area contributed by atoms with Crippen molar-refractivity contribution in [1.82, 2.24) is 10.4 Å². The molecule has 0 atom stereocenters. The predicted molar refractivity (Wildman–Crippen MR) is 50.5 cm³/mol. The SMILES string of the molecule is CN1C=c2ccccc2=CC(=O)N1. The van der Waals surface area contributed by atoms with Crippen molar-refractivity contribution >= 4 is 18.2 Å². The van der Waals surface area contributed by atoms with Gasteiger partial charge in [0.05, 0.1) is 0 Å². The molecule has 1 amide bonds. The smallest absolute Gasteiger partial charge is 0.263 e. The molecule has 0 spiro atoms. The van der Waals surface area contributed by atoms with E-state index < -0.39 is 0 Å². The number of nitrogens with zero attached hydrogens (tertiary/aromatic N) is 1. The minimum absolute atomic E-state index is 0.0938. The number of benzene rings is 1. The molecule has 2 rings (SSSR count). The Balaban J connectivity index is 2.75. The van der Waals surface area contributed by atoms with Crippen molar-refractivity contribution in [1.29, 1.82) is 0 Å². The van der Waals surface area contributed by atoms with Crippen LogP contribution in [0.15, 0.2) is 24.3 Å². The molecule has 0 unspecified atom stereocenters. The number of hydrogen-bond acceptors (Lipinski definition) is 2. The summed E-state index contributed by atoms with van der Waals surface area (Å²) in [5.74, 6) is -0.0938. The Kier molecular flexibility index (Phi) is 1.77. The maximum Gasteiger partial charge on any atom is 0.263 e. The fourth-order valence-electron chi connectivity index (χ4n) is 1.35. The minimum Gasteiger partial charge on any atom is -0.295 e. The number of amides is 1. The van der Waals surface area contributed by atoms with Crippen molar-refractivity contribution < 1.29 is 4.79 Å². The van der Waals surface area contributed by atoms with E-state index in [1.165, 1.54) is 0 Å². The van der Waals surface area contributed by atoms with Crippen LogP contribution in [0.1, 0.15) is 0 Å². The molecule has 0 saturated carbocycles. The zero-order valence-electron chi connectivity index (χ0n) is 7.32. The van der Waals surface area contributed by atoms with E-state index in [0.717, 1.165) is 10.4 Å². The average molecular weight is 174 g/mol. The standard InChI is InChI=1S/C10H10N2O/c1-12-7-9-5-3-2-4-8(9)6-10(13)11-12/h2-7H,1H3,(H,11,13). The van der Waals surface area contributed by atoms with Crippen molar-refractivity contribution in [3.63, 3.8) is 0 Å². The van der Waals surface area contributed by atoms with Gasteiger partial charge in [0.15, 0.2) is 0 Å². The highest BCUT2D eigenvalue weighted by Gasteiger charge is 2.01. The minimum atomic E-state index is -0.0938. The summed E-state index contributed by atoms with van der Waals surface area (Å²) in [5, 5.41) is 3.65. The second-order valence-electron chi connectivity index (χ2n) is 2.99. The number of rotatable bonds is 0. The van der Waals surface area contributed by atoms with Crippen LogP contribution in [0.25, 0.3) is 12.3 Å². The van der Waals surface area contributed by atoms with Crippen LogP contribution in [0.2, 0.25) is 0 Å². The molecule has 0 aromatic heterocycles. The molecule has 0 bridgehead atoms. The Hall–Kier alpha value is -1.77. The van der Waals surface area contributed by atoms with E-state index in [1.54, 1.807) is 18.1 Å². The summed E-state index contributed by atoms with van der Waals surface area (Å²) in [4.78, 5) is 11.2. The van der Waals surface area contributed by atoms with Crippen LogP contribution in [0.3, 0.4) is 0 Å². The maximum atomic E-state index is 11.2. The Bertz CT molecular complexity index is 450. The molecular weight excluding hydrogens is 164 g/mol. The molecule has 1 aliphatic heterocycles. The predicted octanol–water partition coefficient (Wildman–Crippen LogP) is -0.818. The fraction of sp³-hybridized carbons (Fsp3) is 0.100. The maximum absolute atomic E-state index is 11.2. The first kappa shape index (κ1) is 7.86. The highest BCUT2D eigenvalue weighted by Crippen LogP contribution is 1.82. The van der Waals surface area contributed by atoms with Gasteiger partial charge in [-0.25, -0.2) is 0 Å². The second kappa shape index (κ2) is 2.94. The average Bonchev–Trinajstić information content (AvgIpc) is 2.20. The van der Waals surface area contributed by atoms with Crippen LogP contribution in [0.4, 0.5) is 0 Å². The zero-order chi connectivity index (χ0) is 9.26. The number of hydrazine groups is 1. The summed E-state index contributed by atoms with van der Waals surface area (Å²) < 4.78 is 0. The van der Waals surface area contributed by atoms with Gasteiger partial charge in [0, 0.05) is 19.3 Å². The summed E-state index contributed by atoms with van der Waals surface area (Å²) in [6, 6.07) is 7.77. The van der Waals surface area contributed by atoms with Gasteiger partial charge in [-0.3, -0.25) is 15.2 Å². The zero-order valence-corrected chi connectivity index (χ0v) is 7.32. The Morgan fingerprint density at radius 3 is 2.69 bits per heavy atom. The van der Waals surface area contributed by atoms with Crippen LogP contribution in [-0.4, -0.2) is 18.0 Å². The van der Waals surface area contributed by atoms with Crippen molar-refractivity contribution in [3.8, 4) is 0 Å². The largest absolute Gasteiger partial charge is 0.295 e. The van der Waals surface area contributed by atoms with E-state index >= 15 is 0 Å². The Labute approximate surface area is 75.9 Å². The van der Waals surface area contributed by atoms with E-state index in [2.05, 4.69) is 5.43 Å². The van der Waals surface area contributed by atoms with E-state index in [0.29, 0.717) is 0 Å². The molecular formula is C10H10N2O. The Morgan fingerprint density at radius 2 is 1.92 bits per heavy atom. The van der Waals surface area contributed by atoms with Gasteiger partial charge in [0.1, 0.15) is 0 Å². The quantitative estimate of drug-likeness (QED) is 0.557. The van der Waals surface area contributed by atoms with Crippen molar-refractivity contribution in [3.05, 3.63) is 34.7 Å². The van der Waals surface area contributed by atoms with E-state index in [4.69, 9.17) is 0 Å².